The van der Waals surface area contributed by atoms with Gasteiger partial charge in [0.1, 0.15) is 12.4 Å². The summed E-state index contributed by atoms with van der Waals surface area (Å²) in [6.45, 7) is 7.82. The second kappa shape index (κ2) is 8.77. The van der Waals surface area contributed by atoms with Crippen LogP contribution in [-0.2, 0) is 13.1 Å². The minimum absolute atomic E-state index is 0. The molecule has 0 aliphatic carbocycles. The third kappa shape index (κ3) is 5.67. The molecule has 6 heteroatoms. The van der Waals surface area contributed by atoms with Crippen LogP contribution in [0.1, 0.15) is 25.2 Å². The molecule has 0 aliphatic heterocycles. The number of rotatable bonds is 5. The fourth-order valence-corrected chi connectivity index (χ4v) is 2.12. The van der Waals surface area contributed by atoms with Crippen molar-refractivity contribution in [3.8, 4) is 0 Å². The van der Waals surface area contributed by atoms with E-state index in [-0.39, 0.29) is 24.0 Å². The lowest BCUT2D eigenvalue weighted by Crippen LogP contribution is -2.23. The van der Waals surface area contributed by atoms with E-state index in [4.69, 9.17) is 5.73 Å². The van der Waals surface area contributed by atoms with E-state index < -0.39 is 0 Å². The zero-order valence-corrected chi connectivity index (χ0v) is 15.6. The minimum atomic E-state index is 0. The van der Waals surface area contributed by atoms with Gasteiger partial charge in [-0.1, -0.05) is 26.0 Å². The van der Waals surface area contributed by atoms with Crippen LogP contribution in [0, 0.1) is 12.8 Å². The summed E-state index contributed by atoms with van der Waals surface area (Å²) in [4.78, 5) is 8.69. The Kier molecular flexibility index (Phi) is 7.37. The second-order valence-corrected chi connectivity index (χ2v) is 5.59. The molecular formula is C16H24IN5. The van der Waals surface area contributed by atoms with Gasteiger partial charge in [-0.05, 0) is 30.5 Å². The fraction of sp³-hybridized carbons (Fsp3) is 0.375. The third-order valence-corrected chi connectivity index (χ3v) is 3.04. The van der Waals surface area contributed by atoms with Crippen LogP contribution in [0.4, 0.5) is 5.69 Å². The molecule has 0 spiro atoms. The van der Waals surface area contributed by atoms with E-state index in [1.165, 1.54) is 5.56 Å². The van der Waals surface area contributed by atoms with Crippen LogP contribution < -0.4 is 11.1 Å². The largest absolute Gasteiger partial charge is 0.370 e. The van der Waals surface area contributed by atoms with E-state index in [0.717, 1.165) is 18.1 Å². The smallest absolute Gasteiger partial charge is 0.193 e. The first-order chi connectivity index (χ1) is 10.0. The van der Waals surface area contributed by atoms with Gasteiger partial charge in [-0.25, -0.2) is 9.98 Å². The van der Waals surface area contributed by atoms with E-state index in [9.17, 15) is 0 Å². The first kappa shape index (κ1) is 18.5. The number of aryl methyl sites for hydroxylation is 1. The minimum Gasteiger partial charge on any atom is -0.370 e. The molecule has 3 N–H and O–H groups in total. The highest BCUT2D eigenvalue weighted by molar-refractivity contribution is 14.0. The van der Waals surface area contributed by atoms with E-state index in [2.05, 4.69) is 33.7 Å². The molecule has 22 heavy (non-hydrogen) atoms. The number of aromatic nitrogens is 2. The zero-order valence-electron chi connectivity index (χ0n) is 13.3. The van der Waals surface area contributed by atoms with Crippen LogP contribution in [0.3, 0.4) is 0 Å². The molecule has 1 heterocycles. The van der Waals surface area contributed by atoms with Crippen molar-refractivity contribution >= 4 is 35.6 Å². The molecular weight excluding hydrogens is 389 g/mol. The Balaban J connectivity index is 0.00000242. The summed E-state index contributed by atoms with van der Waals surface area (Å²) in [6, 6.07) is 8.03. The molecule has 0 radical (unpaired) electrons. The highest BCUT2D eigenvalue weighted by Gasteiger charge is 2.04. The standard InChI is InChI=1S/C16H23N5.HI/c1-12(2)11-21-8-7-18-15(21)10-19-16(17)20-14-6-4-5-13(3)9-14;/h4-9,12H,10-11H2,1-3H3,(H3,17,19,20);1H. The summed E-state index contributed by atoms with van der Waals surface area (Å²) in [7, 11) is 0. The first-order valence-corrected chi connectivity index (χ1v) is 7.18. The number of hydrogen-bond acceptors (Lipinski definition) is 2. The monoisotopic (exact) mass is 413 g/mol. The van der Waals surface area contributed by atoms with Crippen molar-refractivity contribution in [2.45, 2.75) is 33.9 Å². The van der Waals surface area contributed by atoms with Crippen LogP contribution in [0.25, 0.3) is 0 Å². The Morgan fingerprint density at radius 1 is 1.41 bits per heavy atom. The van der Waals surface area contributed by atoms with Gasteiger partial charge in [0.15, 0.2) is 5.96 Å². The number of anilines is 1. The molecule has 1 aromatic carbocycles. The summed E-state index contributed by atoms with van der Waals surface area (Å²) in [5.74, 6) is 1.90. The molecule has 0 aliphatic rings. The second-order valence-electron chi connectivity index (χ2n) is 5.59. The van der Waals surface area contributed by atoms with Crippen LogP contribution in [-0.4, -0.2) is 15.5 Å². The van der Waals surface area contributed by atoms with E-state index in [0.29, 0.717) is 18.4 Å². The predicted octanol–water partition coefficient (Wildman–Crippen LogP) is 3.39. The quantitative estimate of drug-likeness (QED) is 0.449. The maximum Gasteiger partial charge on any atom is 0.193 e. The zero-order chi connectivity index (χ0) is 15.2. The number of imidazole rings is 1. The molecule has 5 nitrogen and oxygen atoms in total. The lowest BCUT2D eigenvalue weighted by molar-refractivity contribution is 0.507. The Labute approximate surface area is 149 Å². The molecule has 0 atom stereocenters. The van der Waals surface area contributed by atoms with Crippen molar-refractivity contribution in [3.63, 3.8) is 0 Å². The van der Waals surface area contributed by atoms with Crippen LogP contribution >= 0.6 is 24.0 Å². The molecule has 2 rings (SSSR count). The van der Waals surface area contributed by atoms with Crippen molar-refractivity contribution in [2.75, 3.05) is 5.32 Å². The highest BCUT2D eigenvalue weighted by atomic mass is 127. The Morgan fingerprint density at radius 3 is 2.86 bits per heavy atom. The van der Waals surface area contributed by atoms with Gasteiger partial charge in [0.05, 0.1) is 0 Å². The Hall–Kier alpha value is -1.57. The SMILES string of the molecule is Cc1cccc(NC(N)=NCc2nccn2CC(C)C)c1.I. The number of halogens is 1. The number of nitrogens with one attached hydrogen (secondary N) is 1. The van der Waals surface area contributed by atoms with Gasteiger partial charge in [0.25, 0.3) is 0 Å². The van der Waals surface area contributed by atoms with Crippen molar-refractivity contribution in [1.29, 1.82) is 0 Å². The van der Waals surface area contributed by atoms with Gasteiger partial charge in [-0.15, -0.1) is 24.0 Å². The number of hydrogen-bond donors (Lipinski definition) is 2. The van der Waals surface area contributed by atoms with Crippen molar-refractivity contribution < 1.29 is 0 Å². The molecule has 120 valence electrons. The summed E-state index contributed by atoms with van der Waals surface area (Å²) in [5, 5.41) is 3.10. The lowest BCUT2D eigenvalue weighted by atomic mass is 10.2. The average molecular weight is 413 g/mol. The number of nitrogens with zero attached hydrogens (tertiary/aromatic N) is 3. The highest BCUT2D eigenvalue weighted by Crippen LogP contribution is 2.09. The van der Waals surface area contributed by atoms with Gasteiger partial charge in [-0.3, -0.25) is 0 Å². The van der Waals surface area contributed by atoms with Gasteiger partial charge in [0, 0.05) is 24.6 Å². The summed E-state index contributed by atoms with van der Waals surface area (Å²) in [5.41, 5.74) is 8.05. The Morgan fingerprint density at radius 2 is 2.18 bits per heavy atom. The van der Waals surface area contributed by atoms with Gasteiger partial charge < -0.3 is 15.6 Å². The van der Waals surface area contributed by atoms with Crippen LogP contribution in [0.2, 0.25) is 0 Å². The molecule has 0 unspecified atom stereocenters. The number of nitrogens with two attached hydrogens (primary N) is 1. The predicted molar refractivity (Wildman–Crippen MR) is 103 cm³/mol. The normalized spacial score (nSPS) is 11.4. The van der Waals surface area contributed by atoms with Crippen LogP contribution in [0.5, 0.6) is 0 Å². The molecule has 0 fully saturated rings. The lowest BCUT2D eigenvalue weighted by Gasteiger charge is -2.09. The molecule has 0 saturated heterocycles. The summed E-state index contributed by atoms with van der Waals surface area (Å²) in [6.07, 6.45) is 3.78. The van der Waals surface area contributed by atoms with E-state index in [1.54, 1.807) is 6.20 Å². The van der Waals surface area contributed by atoms with Crippen molar-refractivity contribution in [2.24, 2.45) is 16.6 Å². The van der Waals surface area contributed by atoms with Crippen molar-refractivity contribution in [3.05, 3.63) is 48.0 Å². The van der Waals surface area contributed by atoms with Crippen LogP contribution in [0.15, 0.2) is 41.7 Å². The molecule has 2 aromatic rings. The van der Waals surface area contributed by atoms with E-state index in [1.807, 2.05) is 37.4 Å². The van der Waals surface area contributed by atoms with Gasteiger partial charge >= 0.3 is 0 Å². The summed E-state index contributed by atoms with van der Waals surface area (Å²) < 4.78 is 2.12. The third-order valence-electron chi connectivity index (χ3n) is 3.04. The fourth-order valence-electron chi connectivity index (χ4n) is 2.12. The molecule has 0 bridgehead atoms. The number of benzene rings is 1. The molecule has 0 saturated carbocycles. The molecule has 1 aromatic heterocycles. The topological polar surface area (TPSA) is 68.2 Å². The first-order valence-electron chi connectivity index (χ1n) is 7.18. The number of aliphatic imine (C=N–C) groups is 1. The van der Waals surface area contributed by atoms with Gasteiger partial charge in [-0.2, -0.15) is 0 Å². The maximum atomic E-state index is 5.93. The Bertz CT molecular complexity index is 619. The molecule has 0 amide bonds. The summed E-state index contributed by atoms with van der Waals surface area (Å²) >= 11 is 0. The van der Waals surface area contributed by atoms with Gasteiger partial charge in [0.2, 0.25) is 0 Å². The average Bonchev–Trinajstić information content (AvgIpc) is 2.83. The van der Waals surface area contributed by atoms with Crippen molar-refractivity contribution in [1.82, 2.24) is 9.55 Å². The van der Waals surface area contributed by atoms with E-state index >= 15 is 0 Å². The maximum absolute atomic E-state index is 5.93. The number of guanidine groups is 1.